The molecule has 1 spiro atoms. The number of nitriles is 1. The smallest absolute Gasteiger partial charge is 0.265 e. The molecule has 2 aliphatic rings. The second kappa shape index (κ2) is 9.48. The number of ether oxygens (including phenoxy) is 1. The molecule has 0 N–H and O–H groups in total. The molecule has 0 aromatic heterocycles. The molecule has 0 bridgehead atoms. The zero-order chi connectivity index (χ0) is 20.7. The summed E-state index contributed by atoms with van der Waals surface area (Å²) in [5, 5.41) is 9.36. The van der Waals surface area contributed by atoms with Crippen molar-refractivity contribution in [1.29, 1.82) is 5.26 Å². The molecule has 0 saturated heterocycles. The summed E-state index contributed by atoms with van der Waals surface area (Å²) in [7, 11) is 0. The van der Waals surface area contributed by atoms with E-state index in [1.807, 2.05) is 18.2 Å². The van der Waals surface area contributed by atoms with Crippen molar-refractivity contribution in [3.8, 4) is 6.07 Å². The van der Waals surface area contributed by atoms with Gasteiger partial charge >= 0.3 is 0 Å². The van der Waals surface area contributed by atoms with Crippen molar-refractivity contribution in [2.45, 2.75) is 58.0 Å². The second-order valence-electron chi connectivity index (χ2n) is 7.76. The fraction of sp³-hybridized carbons (Fsp3) is 0.440. The van der Waals surface area contributed by atoms with E-state index in [1.165, 1.54) is 12.1 Å². The molecule has 1 aliphatic carbocycles. The Kier molecular flexibility index (Phi) is 6.78. The molecule has 1 aliphatic heterocycles. The van der Waals surface area contributed by atoms with Crippen LogP contribution in [0.2, 0.25) is 0 Å². The molecule has 1 saturated carbocycles. The molecular weight excluding hydrogens is 358 g/mol. The first-order valence-electron chi connectivity index (χ1n) is 10.6. The molecule has 0 radical (unpaired) electrons. The lowest BCUT2D eigenvalue weighted by Gasteiger charge is -2.41. The van der Waals surface area contributed by atoms with Gasteiger partial charge in [-0.1, -0.05) is 24.6 Å². The Morgan fingerprint density at radius 2 is 1.86 bits per heavy atom. The van der Waals surface area contributed by atoms with Crippen LogP contribution in [0, 0.1) is 17.9 Å². The predicted molar refractivity (Wildman–Crippen MR) is 118 cm³/mol. The summed E-state index contributed by atoms with van der Waals surface area (Å²) in [5.41, 5.74) is 3.06. The van der Waals surface area contributed by atoms with Crippen LogP contribution in [0.5, 0.6) is 0 Å². The highest BCUT2D eigenvalue weighted by atomic mass is 16.5. The molecule has 0 atom stereocenters. The van der Waals surface area contributed by atoms with Gasteiger partial charge in [0.25, 0.3) is 5.70 Å². The summed E-state index contributed by atoms with van der Waals surface area (Å²) in [6.07, 6.45) is 12.0. The van der Waals surface area contributed by atoms with Crippen LogP contribution in [0.3, 0.4) is 0 Å². The van der Waals surface area contributed by atoms with E-state index in [-0.39, 0.29) is 11.3 Å². The van der Waals surface area contributed by atoms with Crippen LogP contribution >= 0.6 is 0 Å². The minimum Gasteiger partial charge on any atom is -0.487 e. The average molecular weight is 388 g/mol. The van der Waals surface area contributed by atoms with Gasteiger partial charge in [0.05, 0.1) is 12.6 Å². The van der Waals surface area contributed by atoms with E-state index in [2.05, 4.69) is 53.9 Å². The standard InChI is InChI=1S/C25H29N3O/c1-4-28(5-2)22-12-9-20(10-13-22)11-14-23-17-21(24(19-26)27-3)18-25(29-23)15-7-6-8-16-25/h9-14,17H,4-8,15-16,18H2,1-2H3. The highest BCUT2D eigenvalue weighted by Crippen LogP contribution is 2.42. The topological polar surface area (TPSA) is 40.6 Å². The number of hydrogen-bond donors (Lipinski definition) is 0. The van der Waals surface area contributed by atoms with E-state index in [4.69, 9.17) is 11.3 Å². The van der Waals surface area contributed by atoms with Crippen LogP contribution in [-0.4, -0.2) is 18.7 Å². The highest BCUT2D eigenvalue weighted by Gasteiger charge is 2.38. The Bertz CT molecular complexity index is 867. The summed E-state index contributed by atoms with van der Waals surface area (Å²) in [4.78, 5) is 5.76. The number of allylic oxidation sites excluding steroid dienone is 3. The molecule has 29 heavy (non-hydrogen) atoms. The van der Waals surface area contributed by atoms with Crippen molar-refractivity contribution in [1.82, 2.24) is 0 Å². The number of anilines is 1. The van der Waals surface area contributed by atoms with E-state index in [0.717, 1.165) is 55.7 Å². The molecule has 150 valence electrons. The first-order valence-corrected chi connectivity index (χ1v) is 10.6. The lowest BCUT2D eigenvalue weighted by Crippen LogP contribution is -2.37. The van der Waals surface area contributed by atoms with Crippen molar-refractivity contribution in [3.63, 3.8) is 0 Å². The van der Waals surface area contributed by atoms with Gasteiger partial charge in [0.1, 0.15) is 11.4 Å². The third kappa shape index (κ3) is 4.90. The third-order valence-corrected chi connectivity index (χ3v) is 5.91. The summed E-state index contributed by atoms with van der Waals surface area (Å²) in [6.45, 7) is 13.6. The van der Waals surface area contributed by atoms with Gasteiger partial charge in [0, 0.05) is 25.2 Å². The fourth-order valence-electron chi connectivity index (χ4n) is 4.33. The van der Waals surface area contributed by atoms with Crippen LogP contribution in [0.15, 0.2) is 53.4 Å². The Balaban J connectivity index is 1.85. The highest BCUT2D eigenvalue weighted by molar-refractivity contribution is 5.58. The molecule has 0 amide bonds. The molecule has 1 heterocycles. The normalized spacial score (nSPS) is 19.8. The Morgan fingerprint density at radius 1 is 1.17 bits per heavy atom. The lowest BCUT2D eigenvalue weighted by atomic mass is 9.78. The largest absolute Gasteiger partial charge is 0.487 e. The van der Waals surface area contributed by atoms with E-state index in [1.54, 1.807) is 0 Å². The second-order valence-corrected chi connectivity index (χ2v) is 7.76. The summed E-state index contributed by atoms with van der Waals surface area (Å²) < 4.78 is 6.42. The van der Waals surface area contributed by atoms with E-state index in [9.17, 15) is 5.26 Å². The van der Waals surface area contributed by atoms with Gasteiger partial charge < -0.3 is 9.64 Å². The maximum atomic E-state index is 9.36. The SMILES string of the molecule is [C-]#[N+]C(C#N)=C1C=C(C=Cc2ccc(N(CC)CC)cc2)OC2(CCCCC2)C1. The van der Waals surface area contributed by atoms with Gasteiger partial charge in [0.2, 0.25) is 0 Å². The summed E-state index contributed by atoms with van der Waals surface area (Å²) >= 11 is 0. The molecule has 1 aromatic rings. The van der Waals surface area contributed by atoms with Crippen molar-refractivity contribution in [2.75, 3.05) is 18.0 Å². The molecule has 0 unspecified atom stereocenters. The van der Waals surface area contributed by atoms with Crippen LogP contribution in [-0.2, 0) is 4.74 Å². The minimum atomic E-state index is -0.262. The Labute approximate surface area is 174 Å². The molecular formula is C25H29N3O. The van der Waals surface area contributed by atoms with E-state index >= 15 is 0 Å². The quantitative estimate of drug-likeness (QED) is 0.443. The Morgan fingerprint density at radius 3 is 2.45 bits per heavy atom. The predicted octanol–water partition coefficient (Wildman–Crippen LogP) is 6.25. The first-order chi connectivity index (χ1) is 14.1. The minimum absolute atomic E-state index is 0.188. The van der Waals surface area contributed by atoms with Crippen molar-refractivity contribution in [3.05, 3.63) is 70.4 Å². The molecule has 3 rings (SSSR count). The molecule has 4 nitrogen and oxygen atoms in total. The molecule has 1 aromatic carbocycles. The maximum Gasteiger partial charge on any atom is 0.265 e. The Hall–Kier alpha value is -2.98. The number of hydrogen-bond acceptors (Lipinski definition) is 3. The van der Waals surface area contributed by atoms with Gasteiger partial charge in [-0.2, -0.15) is 0 Å². The van der Waals surface area contributed by atoms with Gasteiger partial charge in [-0.25, -0.2) is 10.1 Å². The van der Waals surface area contributed by atoms with Crippen molar-refractivity contribution in [2.24, 2.45) is 0 Å². The summed E-state index contributed by atoms with van der Waals surface area (Å²) in [6, 6.07) is 10.6. The molecule has 1 fully saturated rings. The van der Waals surface area contributed by atoms with Gasteiger partial charge in [-0.3, -0.25) is 0 Å². The van der Waals surface area contributed by atoms with E-state index < -0.39 is 0 Å². The first kappa shape index (κ1) is 20.7. The third-order valence-electron chi connectivity index (χ3n) is 5.91. The molecule has 4 heteroatoms. The van der Waals surface area contributed by atoms with E-state index in [0.29, 0.717) is 6.42 Å². The van der Waals surface area contributed by atoms with Crippen LogP contribution < -0.4 is 4.90 Å². The zero-order valence-corrected chi connectivity index (χ0v) is 17.4. The number of rotatable bonds is 5. The average Bonchev–Trinajstić information content (AvgIpc) is 2.75. The zero-order valence-electron chi connectivity index (χ0n) is 17.4. The van der Waals surface area contributed by atoms with Crippen LogP contribution in [0.1, 0.15) is 57.9 Å². The number of nitrogens with zero attached hydrogens (tertiary/aromatic N) is 3. The summed E-state index contributed by atoms with van der Waals surface area (Å²) in [5.74, 6) is 0.748. The van der Waals surface area contributed by atoms with Crippen LogP contribution in [0.25, 0.3) is 10.9 Å². The van der Waals surface area contributed by atoms with Gasteiger partial charge in [-0.15, -0.1) is 0 Å². The van der Waals surface area contributed by atoms with Crippen molar-refractivity contribution >= 4 is 11.8 Å². The maximum absolute atomic E-state index is 9.36. The van der Waals surface area contributed by atoms with Gasteiger partial charge in [-0.05, 0) is 75.0 Å². The monoisotopic (exact) mass is 387 g/mol. The number of benzene rings is 1. The van der Waals surface area contributed by atoms with Gasteiger partial charge in [0.15, 0.2) is 0 Å². The lowest BCUT2D eigenvalue weighted by molar-refractivity contribution is -0.0285. The van der Waals surface area contributed by atoms with Crippen LogP contribution in [0.4, 0.5) is 5.69 Å². The fourth-order valence-corrected chi connectivity index (χ4v) is 4.33. The van der Waals surface area contributed by atoms with Crippen molar-refractivity contribution < 1.29 is 4.74 Å².